The van der Waals surface area contributed by atoms with Gasteiger partial charge in [0.05, 0.1) is 17.2 Å². The van der Waals surface area contributed by atoms with Crippen LogP contribution in [0.25, 0.3) is 0 Å². The summed E-state index contributed by atoms with van der Waals surface area (Å²) in [6.45, 7) is 20.6. The van der Waals surface area contributed by atoms with Crippen LogP contribution >= 0.6 is 0 Å². The van der Waals surface area contributed by atoms with E-state index in [1.807, 2.05) is 0 Å². The molecule has 0 bridgehead atoms. The highest BCUT2D eigenvalue weighted by Gasteiger charge is 2.70. The number of carbonyl (C=O) groups is 1. The first-order valence-electron chi connectivity index (χ1n) is 14.6. The fraction of sp³-hybridized carbons (Fsp3) is 0.844. The average Bonchev–Trinajstić information content (AvgIpc) is 3.19. The maximum atomic E-state index is 11.5. The lowest BCUT2D eigenvalue weighted by Gasteiger charge is -2.72. The van der Waals surface area contributed by atoms with Crippen molar-refractivity contribution in [2.45, 2.75) is 113 Å². The molecule has 4 nitrogen and oxygen atoms in total. The second kappa shape index (κ2) is 8.18. The lowest BCUT2D eigenvalue weighted by atomic mass is 9.32. The Morgan fingerprint density at radius 2 is 1.67 bits per heavy atom. The Morgan fingerprint density at radius 1 is 0.944 bits per heavy atom. The summed E-state index contributed by atoms with van der Waals surface area (Å²) in [6, 6.07) is 2.90. The molecule has 5 saturated carbocycles. The van der Waals surface area contributed by atoms with Gasteiger partial charge in [-0.25, -0.2) is 4.79 Å². The molecular formula is C32H48N2O2. The highest BCUT2D eigenvalue weighted by molar-refractivity contribution is 5.91. The van der Waals surface area contributed by atoms with E-state index in [1.165, 1.54) is 44.6 Å². The predicted molar refractivity (Wildman–Crippen MR) is 144 cm³/mol. The molecule has 36 heavy (non-hydrogen) atoms. The SMILES string of the molecule is C=C(C)[C@@H]1CC[C@]2(C#N)CC[C@]3(C)C(CCC4[C@@]5(C)CC/C(=N\OC(C)=O)C(C)(C)[C@@H]5CC[C@]43C)C12. The van der Waals surface area contributed by atoms with Crippen LogP contribution < -0.4 is 0 Å². The minimum Gasteiger partial charge on any atom is -0.319 e. The fourth-order valence-corrected chi connectivity index (χ4v) is 11.4. The molecule has 0 spiro atoms. The second-order valence-corrected chi connectivity index (χ2v) is 14.8. The first-order valence-corrected chi connectivity index (χ1v) is 14.6. The fourth-order valence-electron chi connectivity index (χ4n) is 11.4. The minimum atomic E-state index is -0.333. The van der Waals surface area contributed by atoms with Crippen molar-refractivity contribution in [3.05, 3.63) is 12.2 Å². The molecule has 198 valence electrons. The zero-order chi connectivity index (χ0) is 26.3. The standard InChI is InChI=1S/C32H48N2O2/c1-20(2)22-11-16-32(19-33)18-17-30(7)23(27(22)32)9-10-25-29(6)14-13-26(34-36-21(3)35)28(4,5)24(29)12-15-31(25,30)8/h22-25,27H,1,9-18H2,2-8H3/b34-26+/t22-,23?,24-,25?,27?,29-,30+,31+,32+/m0/s1. The Bertz CT molecular complexity index is 1040. The third kappa shape index (κ3) is 3.23. The third-order valence-electron chi connectivity index (χ3n) is 13.4. The first-order chi connectivity index (χ1) is 16.8. The predicted octanol–water partition coefficient (Wildman–Crippen LogP) is 8.09. The van der Waals surface area contributed by atoms with E-state index < -0.39 is 0 Å². The van der Waals surface area contributed by atoms with Gasteiger partial charge in [-0.05, 0) is 117 Å². The second-order valence-electron chi connectivity index (χ2n) is 14.8. The van der Waals surface area contributed by atoms with Crippen molar-refractivity contribution in [3.63, 3.8) is 0 Å². The van der Waals surface area contributed by atoms with Gasteiger partial charge in [-0.1, -0.05) is 51.9 Å². The van der Waals surface area contributed by atoms with Crippen LogP contribution in [0, 0.1) is 68.0 Å². The number of fused-ring (bicyclic) bond motifs is 7. The van der Waals surface area contributed by atoms with Crippen LogP contribution in [-0.2, 0) is 9.63 Å². The molecule has 0 saturated heterocycles. The molecule has 4 heteroatoms. The Hall–Kier alpha value is -1.63. The molecule has 0 aromatic carbocycles. The molecule has 0 N–H and O–H groups in total. The highest BCUT2D eigenvalue weighted by Crippen LogP contribution is 2.77. The number of oxime groups is 1. The summed E-state index contributed by atoms with van der Waals surface area (Å²) >= 11 is 0. The molecule has 0 radical (unpaired) electrons. The van der Waals surface area contributed by atoms with Gasteiger partial charge in [0.2, 0.25) is 0 Å². The van der Waals surface area contributed by atoms with Gasteiger partial charge in [0.25, 0.3) is 0 Å². The van der Waals surface area contributed by atoms with Crippen molar-refractivity contribution < 1.29 is 9.63 Å². The summed E-state index contributed by atoms with van der Waals surface area (Å²) in [5.74, 6) is 2.50. The molecule has 0 amide bonds. The van der Waals surface area contributed by atoms with E-state index >= 15 is 0 Å². The van der Waals surface area contributed by atoms with E-state index in [-0.39, 0.29) is 33.0 Å². The monoisotopic (exact) mass is 492 g/mol. The summed E-state index contributed by atoms with van der Waals surface area (Å²) < 4.78 is 0. The highest BCUT2D eigenvalue weighted by atomic mass is 16.7. The maximum Gasteiger partial charge on any atom is 0.331 e. The van der Waals surface area contributed by atoms with Gasteiger partial charge in [-0.3, -0.25) is 0 Å². The maximum absolute atomic E-state index is 11.5. The Labute approximate surface area is 219 Å². The van der Waals surface area contributed by atoms with E-state index in [0.29, 0.717) is 29.6 Å². The summed E-state index contributed by atoms with van der Waals surface area (Å²) in [5, 5.41) is 14.8. The van der Waals surface area contributed by atoms with Crippen LogP contribution in [-0.4, -0.2) is 11.7 Å². The van der Waals surface area contributed by atoms with E-state index in [9.17, 15) is 10.1 Å². The van der Waals surface area contributed by atoms with Crippen molar-refractivity contribution in [2.75, 3.05) is 0 Å². The van der Waals surface area contributed by atoms with Gasteiger partial charge >= 0.3 is 5.97 Å². The Balaban J connectivity index is 1.51. The van der Waals surface area contributed by atoms with Gasteiger partial charge < -0.3 is 4.84 Å². The van der Waals surface area contributed by atoms with Crippen LogP contribution in [0.3, 0.4) is 0 Å². The largest absolute Gasteiger partial charge is 0.331 e. The Kier molecular flexibility index (Phi) is 5.91. The van der Waals surface area contributed by atoms with Crippen LogP contribution in [0.15, 0.2) is 17.3 Å². The number of allylic oxidation sites excluding steroid dienone is 1. The van der Waals surface area contributed by atoms with Crippen LogP contribution in [0.4, 0.5) is 0 Å². The Morgan fingerprint density at radius 3 is 2.31 bits per heavy atom. The topological polar surface area (TPSA) is 62.4 Å². The zero-order valence-corrected chi connectivity index (χ0v) is 23.9. The van der Waals surface area contributed by atoms with Crippen LogP contribution in [0.5, 0.6) is 0 Å². The summed E-state index contributed by atoms with van der Waals surface area (Å²) in [5.41, 5.74) is 2.98. The van der Waals surface area contributed by atoms with E-state index in [2.05, 4.69) is 59.3 Å². The zero-order valence-electron chi connectivity index (χ0n) is 23.9. The van der Waals surface area contributed by atoms with Gasteiger partial charge in [-0.2, -0.15) is 5.26 Å². The van der Waals surface area contributed by atoms with Crippen LogP contribution in [0.1, 0.15) is 113 Å². The molecule has 9 atom stereocenters. The van der Waals surface area contributed by atoms with Gasteiger partial charge in [0.1, 0.15) is 0 Å². The molecule has 0 aliphatic heterocycles. The van der Waals surface area contributed by atoms with E-state index in [0.717, 1.165) is 37.8 Å². The van der Waals surface area contributed by atoms with E-state index in [4.69, 9.17) is 4.84 Å². The molecule has 5 aliphatic carbocycles. The first kappa shape index (κ1) is 26.0. The molecule has 5 rings (SSSR count). The lowest BCUT2D eigenvalue weighted by Crippen LogP contribution is -2.66. The number of nitriles is 1. The number of nitrogens with zero attached hydrogens (tertiary/aromatic N) is 2. The average molecular weight is 493 g/mol. The number of rotatable bonds is 2. The molecule has 3 unspecified atom stereocenters. The normalized spacial score (nSPS) is 50.2. The van der Waals surface area contributed by atoms with Crippen molar-refractivity contribution in [2.24, 2.45) is 61.8 Å². The number of carbonyl (C=O) groups excluding carboxylic acids is 1. The van der Waals surface area contributed by atoms with Gasteiger partial charge in [-0.15, -0.1) is 0 Å². The molecule has 0 heterocycles. The molecule has 0 aromatic heterocycles. The van der Waals surface area contributed by atoms with Gasteiger partial charge in [0, 0.05) is 12.3 Å². The van der Waals surface area contributed by atoms with E-state index in [1.54, 1.807) is 0 Å². The minimum absolute atomic E-state index is 0.0689. The summed E-state index contributed by atoms with van der Waals surface area (Å²) in [7, 11) is 0. The van der Waals surface area contributed by atoms with Gasteiger partial charge in [0.15, 0.2) is 0 Å². The molecule has 0 aromatic rings. The van der Waals surface area contributed by atoms with Crippen LogP contribution in [0.2, 0.25) is 0 Å². The summed E-state index contributed by atoms with van der Waals surface area (Å²) in [4.78, 5) is 16.6. The summed E-state index contributed by atoms with van der Waals surface area (Å²) in [6.07, 6.45) is 11.5. The van der Waals surface area contributed by atoms with Crippen molar-refractivity contribution in [3.8, 4) is 6.07 Å². The van der Waals surface area contributed by atoms with Crippen molar-refractivity contribution >= 4 is 11.7 Å². The molecule has 5 aliphatic rings. The quantitative estimate of drug-likeness (QED) is 0.222. The van der Waals surface area contributed by atoms with Crippen molar-refractivity contribution in [1.29, 1.82) is 5.26 Å². The number of hydrogen-bond acceptors (Lipinski definition) is 4. The number of hydrogen-bond donors (Lipinski definition) is 0. The lowest BCUT2D eigenvalue weighted by molar-refractivity contribution is -0.223. The third-order valence-corrected chi connectivity index (χ3v) is 13.4. The molecular weight excluding hydrogens is 444 g/mol. The van der Waals surface area contributed by atoms with Crippen molar-refractivity contribution in [1.82, 2.24) is 0 Å². The molecule has 5 fully saturated rings. The smallest absolute Gasteiger partial charge is 0.319 e.